The van der Waals surface area contributed by atoms with E-state index in [1.165, 1.54) is 29.5 Å². The largest absolute Gasteiger partial charge is 0.493 e. The molecule has 0 aromatic heterocycles. The van der Waals surface area contributed by atoms with Crippen LogP contribution in [0.5, 0.6) is 5.75 Å². The predicted octanol–water partition coefficient (Wildman–Crippen LogP) is 6.01. The lowest BCUT2D eigenvalue weighted by Crippen LogP contribution is -2.51. The molecule has 7 nitrogen and oxygen atoms in total. The molecule has 2 N–H and O–H groups in total. The number of aliphatic imine (C=N–C) groups is 1. The molecule has 2 aliphatic heterocycles. The van der Waals surface area contributed by atoms with Crippen molar-refractivity contribution in [2.24, 2.45) is 4.99 Å². The number of carbonyl (C=O) groups is 1. The smallest absolute Gasteiger partial charge is 0.251 e. The lowest BCUT2D eigenvalue weighted by atomic mass is 9.91. The van der Waals surface area contributed by atoms with Crippen LogP contribution in [0.2, 0.25) is 5.02 Å². The molecule has 0 saturated carbocycles. The summed E-state index contributed by atoms with van der Waals surface area (Å²) in [5.74, 6) is 1.50. The monoisotopic (exact) mass is 549 g/mol. The summed E-state index contributed by atoms with van der Waals surface area (Å²) in [6.45, 7) is 11.6. The van der Waals surface area contributed by atoms with Gasteiger partial charge in [-0.1, -0.05) is 23.7 Å². The number of ether oxygens (including phenoxy) is 1. The first-order valence-electron chi connectivity index (χ1n) is 13.9. The van der Waals surface area contributed by atoms with E-state index in [0.717, 1.165) is 30.6 Å². The van der Waals surface area contributed by atoms with Crippen LogP contribution in [-0.4, -0.2) is 47.9 Å². The zero-order valence-corrected chi connectivity index (χ0v) is 24.4. The Morgan fingerprint density at radius 2 is 1.90 bits per heavy atom. The van der Waals surface area contributed by atoms with Crippen LogP contribution >= 0.6 is 11.6 Å². The zero-order chi connectivity index (χ0) is 28.1. The van der Waals surface area contributed by atoms with Crippen LogP contribution in [0.4, 0.5) is 0 Å². The van der Waals surface area contributed by atoms with E-state index in [4.69, 9.17) is 21.6 Å². The molecule has 0 aliphatic carbocycles. The standard InChI is InChI=1S/C31H40ClN5O2/c1-19-7-8-24(15-29(19)32)31(38)36-25-16-26-9-10-27(17-25)37(26)22(4)28-11-12-30(21(3)20(28)2)39-14-6-13-34-23(5)35-18-33/h7-8,11-12,15,22,25-27H,6,9-10,13-14,16-17H2,1-5H3,(H,34,35)(H,36,38). The minimum absolute atomic E-state index is 0.0365. The third-order valence-corrected chi connectivity index (χ3v) is 8.79. The van der Waals surface area contributed by atoms with Gasteiger partial charge in [-0.25, -0.2) is 0 Å². The van der Waals surface area contributed by atoms with Crippen molar-refractivity contribution in [3.63, 3.8) is 0 Å². The van der Waals surface area contributed by atoms with E-state index < -0.39 is 0 Å². The first-order chi connectivity index (χ1) is 18.7. The summed E-state index contributed by atoms with van der Waals surface area (Å²) in [6, 6.07) is 11.2. The number of aryl methyl sites for hydroxylation is 1. The van der Waals surface area contributed by atoms with E-state index in [1.807, 2.05) is 25.2 Å². The highest BCUT2D eigenvalue weighted by Gasteiger charge is 2.43. The van der Waals surface area contributed by atoms with Gasteiger partial charge < -0.3 is 10.1 Å². The van der Waals surface area contributed by atoms with Gasteiger partial charge in [0, 0.05) is 47.7 Å². The molecule has 2 heterocycles. The first kappa shape index (κ1) is 28.9. The van der Waals surface area contributed by atoms with Crippen molar-refractivity contribution < 1.29 is 9.53 Å². The van der Waals surface area contributed by atoms with Crippen molar-refractivity contribution in [2.75, 3.05) is 13.2 Å². The van der Waals surface area contributed by atoms with Crippen LogP contribution < -0.4 is 15.4 Å². The van der Waals surface area contributed by atoms with E-state index in [2.05, 4.69) is 53.4 Å². The molecule has 0 spiro atoms. The molecule has 2 fully saturated rings. The van der Waals surface area contributed by atoms with Crippen molar-refractivity contribution in [1.29, 1.82) is 5.26 Å². The second-order valence-electron chi connectivity index (χ2n) is 10.9. The number of hydrogen-bond acceptors (Lipinski definition) is 5. The molecule has 4 rings (SSSR count). The average molecular weight is 550 g/mol. The number of fused-ring (bicyclic) bond motifs is 2. The summed E-state index contributed by atoms with van der Waals surface area (Å²) in [6.07, 6.45) is 6.94. The number of benzene rings is 2. The molecule has 1 amide bonds. The maximum Gasteiger partial charge on any atom is 0.251 e. The second-order valence-corrected chi connectivity index (χ2v) is 11.3. The van der Waals surface area contributed by atoms with Crippen LogP contribution in [0.25, 0.3) is 0 Å². The molecular formula is C31H40ClN5O2. The van der Waals surface area contributed by atoms with Crippen LogP contribution in [0.15, 0.2) is 35.3 Å². The summed E-state index contributed by atoms with van der Waals surface area (Å²) in [5.41, 5.74) is 5.40. The highest BCUT2D eigenvalue weighted by atomic mass is 35.5. The van der Waals surface area contributed by atoms with Gasteiger partial charge in [-0.3, -0.25) is 20.0 Å². The van der Waals surface area contributed by atoms with E-state index >= 15 is 0 Å². The molecule has 2 bridgehead atoms. The normalized spacial score (nSPS) is 21.8. The number of halogens is 1. The Balaban J connectivity index is 1.35. The van der Waals surface area contributed by atoms with E-state index in [-0.39, 0.29) is 11.9 Å². The van der Waals surface area contributed by atoms with Crippen LogP contribution in [0, 0.1) is 32.2 Å². The van der Waals surface area contributed by atoms with Crippen LogP contribution in [-0.2, 0) is 0 Å². The third kappa shape index (κ3) is 6.74. The molecule has 2 aromatic carbocycles. The topological polar surface area (TPSA) is 89.8 Å². The van der Waals surface area contributed by atoms with Gasteiger partial charge in [0.05, 0.1) is 6.61 Å². The minimum atomic E-state index is -0.0365. The van der Waals surface area contributed by atoms with Crippen molar-refractivity contribution in [1.82, 2.24) is 15.5 Å². The number of nitriles is 1. The fraction of sp³-hybridized carbons (Fsp3) is 0.516. The van der Waals surface area contributed by atoms with Gasteiger partial charge in [-0.05, 0) is 101 Å². The lowest BCUT2D eigenvalue weighted by Gasteiger charge is -2.43. The Kier molecular flexibility index (Phi) is 9.53. The molecule has 208 valence electrons. The van der Waals surface area contributed by atoms with Gasteiger partial charge in [0.25, 0.3) is 5.91 Å². The Morgan fingerprint density at radius 3 is 2.56 bits per heavy atom. The van der Waals surface area contributed by atoms with Crippen LogP contribution in [0.3, 0.4) is 0 Å². The molecule has 3 unspecified atom stereocenters. The fourth-order valence-corrected chi connectivity index (χ4v) is 6.35. The third-order valence-electron chi connectivity index (χ3n) is 8.38. The highest BCUT2D eigenvalue weighted by molar-refractivity contribution is 6.31. The highest BCUT2D eigenvalue weighted by Crippen LogP contribution is 2.43. The maximum absolute atomic E-state index is 12.9. The molecule has 2 aliphatic rings. The number of nitrogens with one attached hydrogen (secondary N) is 2. The van der Waals surface area contributed by atoms with Crippen molar-refractivity contribution in [3.8, 4) is 11.9 Å². The molecule has 3 atom stereocenters. The summed E-state index contributed by atoms with van der Waals surface area (Å²) in [4.78, 5) is 19.9. The molecule has 2 saturated heterocycles. The number of rotatable bonds is 9. The van der Waals surface area contributed by atoms with Gasteiger partial charge in [0.2, 0.25) is 0 Å². The van der Waals surface area contributed by atoms with Crippen LogP contribution in [0.1, 0.15) is 84.6 Å². The fourth-order valence-electron chi connectivity index (χ4n) is 6.17. The second kappa shape index (κ2) is 12.8. The van der Waals surface area contributed by atoms with Gasteiger partial charge >= 0.3 is 0 Å². The maximum atomic E-state index is 12.9. The molecule has 39 heavy (non-hydrogen) atoms. The first-order valence-corrected chi connectivity index (χ1v) is 14.3. The average Bonchev–Trinajstić information content (AvgIpc) is 3.17. The molecule has 8 heteroatoms. The number of hydrogen-bond donors (Lipinski definition) is 2. The molecular weight excluding hydrogens is 510 g/mol. The minimum Gasteiger partial charge on any atom is -0.493 e. The number of amides is 1. The van der Waals surface area contributed by atoms with E-state index in [0.29, 0.717) is 47.7 Å². The summed E-state index contributed by atoms with van der Waals surface area (Å²) < 4.78 is 6.08. The summed E-state index contributed by atoms with van der Waals surface area (Å²) in [7, 11) is 0. The molecule has 0 radical (unpaired) electrons. The number of nitrogens with zero attached hydrogens (tertiary/aromatic N) is 3. The zero-order valence-electron chi connectivity index (χ0n) is 23.7. The van der Waals surface area contributed by atoms with Gasteiger partial charge in [-0.15, -0.1) is 0 Å². The van der Waals surface area contributed by atoms with Gasteiger partial charge in [0.15, 0.2) is 6.19 Å². The van der Waals surface area contributed by atoms with Gasteiger partial charge in [0.1, 0.15) is 11.6 Å². The Labute approximate surface area is 237 Å². The molecule has 2 aromatic rings. The van der Waals surface area contributed by atoms with Crippen molar-refractivity contribution >= 4 is 23.3 Å². The van der Waals surface area contributed by atoms with E-state index in [1.54, 1.807) is 13.0 Å². The van der Waals surface area contributed by atoms with Crippen molar-refractivity contribution in [2.45, 2.75) is 90.9 Å². The van der Waals surface area contributed by atoms with Gasteiger partial charge in [-0.2, -0.15) is 5.26 Å². The van der Waals surface area contributed by atoms with E-state index in [9.17, 15) is 4.79 Å². The Morgan fingerprint density at radius 1 is 1.18 bits per heavy atom. The Hall–Kier alpha value is -3.08. The number of piperidine rings is 1. The SMILES string of the molecule is CC(=NCCCOc1ccc(C(C)N2C3CCC2CC(NC(=O)c2ccc(C)c(Cl)c2)C3)c(C)c1C)NC#N. The van der Waals surface area contributed by atoms with Crippen molar-refractivity contribution in [3.05, 3.63) is 63.2 Å². The number of carbonyl (C=O) groups excluding carboxylic acids is 1. The predicted molar refractivity (Wildman–Crippen MR) is 156 cm³/mol. The summed E-state index contributed by atoms with van der Waals surface area (Å²) >= 11 is 6.25. The number of amidine groups is 1. The quantitative estimate of drug-likeness (QED) is 0.131. The summed E-state index contributed by atoms with van der Waals surface area (Å²) in [5, 5.41) is 15.1. The lowest BCUT2D eigenvalue weighted by molar-refractivity contribution is 0.0689. The Bertz CT molecular complexity index is 1260.